The Morgan fingerprint density at radius 1 is 1.10 bits per heavy atom. The van der Waals surface area contributed by atoms with Crippen LogP contribution in [0.25, 0.3) is 0 Å². The molecule has 0 spiro atoms. The highest BCUT2D eigenvalue weighted by Crippen LogP contribution is 2.32. The molecule has 0 radical (unpaired) electrons. The SMILES string of the molecule is CCOC(=O)C(c1cccc(C(F)(F)F)c1)N1CCN(C(=O)OC(C)(C)C)CC1. The number of amides is 1. The number of esters is 1. The van der Waals surface area contributed by atoms with E-state index in [2.05, 4.69) is 0 Å². The van der Waals surface area contributed by atoms with Gasteiger partial charge in [0.25, 0.3) is 0 Å². The number of hydrogen-bond donors (Lipinski definition) is 0. The van der Waals surface area contributed by atoms with Gasteiger partial charge in [-0.25, -0.2) is 9.59 Å². The molecule has 1 aromatic rings. The monoisotopic (exact) mass is 416 g/mol. The molecule has 1 aliphatic rings. The zero-order valence-electron chi connectivity index (χ0n) is 17.1. The second kappa shape index (κ2) is 9.02. The minimum Gasteiger partial charge on any atom is -0.465 e. The maximum absolute atomic E-state index is 13.1. The van der Waals surface area contributed by atoms with Crippen LogP contribution in [0.15, 0.2) is 24.3 Å². The van der Waals surface area contributed by atoms with Crippen molar-refractivity contribution in [3.8, 4) is 0 Å². The van der Waals surface area contributed by atoms with E-state index in [0.29, 0.717) is 26.2 Å². The van der Waals surface area contributed by atoms with Gasteiger partial charge in [0.05, 0.1) is 12.2 Å². The lowest BCUT2D eigenvalue weighted by atomic mass is 10.0. The molecule has 1 saturated heterocycles. The van der Waals surface area contributed by atoms with Gasteiger partial charge in [0.15, 0.2) is 0 Å². The molecule has 1 aliphatic heterocycles. The Morgan fingerprint density at radius 2 is 1.72 bits per heavy atom. The Balaban J connectivity index is 2.19. The van der Waals surface area contributed by atoms with Crippen LogP contribution in [0.4, 0.5) is 18.0 Å². The van der Waals surface area contributed by atoms with E-state index in [9.17, 15) is 22.8 Å². The van der Waals surface area contributed by atoms with Crippen LogP contribution in [0.2, 0.25) is 0 Å². The van der Waals surface area contributed by atoms with Gasteiger partial charge in [0.2, 0.25) is 0 Å². The van der Waals surface area contributed by atoms with Gasteiger partial charge in [-0.1, -0.05) is 12.1 Å². The van der Waals surface area contributed by atoms with Crippen LogP contribution in [0, 0.1) is 0 Å². The lowest BCUT2D eigenvalue weighted by molar-refractivity contribution is -0.151. The van der Waals surface area contributed by atoms with Crippen molar-refractivity contribution in [3.05, 3.63) is 35.4 Å². The summed E-state index contributed by atoms with van der Waals surface area (Å²) in [6.07, 6.45) is -4.96. The summed E-state index contributed by atoms with van der Waals surface area (Å²) >= 11 is 0. The first-order valence-corrected chi connectivity index (χ1v) is 9.48. The average molecular weight is 416 g/mol. The van der Waals surface area contributed by atoms with Crippen molar-refractivity contribution in [1.29, 1.82) is 0 Å². The third-order valence-corrected chi connectivity index (χ3v) is 4.37. The fraction of sp³-hybridized carbons (Fsp3) is 0.600. The van der Waals surface area contributed by atoms with Gasteiger partial charge in [-0.05, 0) is 45.4 Å². The van der Waals surface area contributed by atoms with Gasteiger partial charge < -0.3 is 14.4 Å². The number of hydrogen-bond acceptors (Lipinski definition) is 5. The molecule has 9 heteroatoms. The zero-order valence-corrected chi connectivity index (χ0v) is 17.1. The maximum Gasteiger partial charge on any atom is 0.416 e. The molecule has 1 unspecified atom stereocenters. The first-order valence-electron chi connectivity index (χ1n) is 9.48. The number of rotatable bonds is 4. The molecule has 1 aromatic carbocycles. The topological polar surface area (TPSA) is 59.1 Å². The summed E-state index contributed by atoms with van der Waals surface area (Å²) in [7, 11) is 0. The summed E-state index contributed by atoms with van der Waals surface area (Å²) in [6, 6.07) is 3.73. The highest BCUT2D eigenvalue weighted by atomic mass is 19.4. The smallest absolute Gasteiger partial charge is 0.416 e. The highest BCUT2D eigenvalue weighted by molar-refractivity contribution is 5.78. The van der Waals surface area contributed by atoms with Crippen LogP contribution in [-0.2, 0) is 20.4 Å². The lowest BCUT2D eigenvalue weighted by Gasteiger charge is -2.38. The van der Waals surface area contributed by atoms with Gasteiger partial charge in [-0.2, -0.15) is 13.2 Å². The van der Waals surface area contributed by atoms with E-state index in [-0.39, 0.29) is 12.2 Å². The van der Waals surface area contributed by atoms with E-state index in [0.717, 1.165) is 12.1 Å². The van der Waals surface area contributed by atoms with Crippen molar-refractivity contribution < 1.29 is 32.2 Å². The van der Waals surface area contributed by atoms with Crippen molar-refractivity contribution in [2.24, 2.45) is 0 Å². The second-order valence-corrected chi connectivity index (χ2v) is 7.78. The summed E-state index contributed by atoms with van der Waals surface area (Å²) in [4.78, 5) is 28.0. The number of alkyl halides is 3. The molecule has 6 nitrogen and oxygen atoms in total. The summed E-state index contributed by atoms with van der Waals surface area (Å²) in [6.45, 7) is 8.27. The standard InChI is InChI=1S/C20H27F3N2O4/c1-5-28-17(26)16(14-7-6-8-15(13-14)20(21,22)23)24-9-11-25(12-10-24)18(27)29-19(2,3)4/h6-8,13,16H,5,9-12H2,1-4H3. The largest absolute Gasteiger partial charge is 0.465 e. The fourth-order valence-corrected chi connectivity index (χ4v) is 3.09. The van der Waals surface area contributed by atoms with Crippen molar-refractivity contribution >= 4 is 12.1 Å². The molecule has 0 aliphatic carbocycles. The average Bonchev–Trinajstić information content (AvgIpc) is 2.61. The van der Waals surface area contributed by atoms with E-state index in [4.69, 9.17) is 9.47 Å². The van der Waals surface area contributed by atoms with Crippen molar-refractivity contribution in [2.45, 2.75) is 45.5 Å². The Morgan fingerprint density at radius 3 is 2.24 bits per heavy atom. The molecule has 1 heterocycles. The molecule has 1 atom stereocenters. The van der Waals surface area contributed by atoms with Gasteiger partial charge in [0, 0.05) is 26.2 Å². The molecule has 0 bridgehead atoms. The molecule has 1 fully saturated rings. The lowest BCUT2D eigenvalue weighted by Crippen LogP contribution is -2.52. The van der Waals surface area contributed by atoms with E-state index < -0.39 is 35.4 Å². The normalized spacial score (nSPS) is 17.0. The molecule has 0 aromatic heterocycles. The van der Waals surface area contributed by atoms with Gasteiger partial charge >= 0.3 is 18.2 Å². The van der Waals surface area contributed by atoms with E-state index in [1.165, 1.54) is 17.0 Å². The molecule has 2 rings (SSSR count). The zero-order chi connectivity index (χ0) is 21.8. The quantitative estimate of drug-likeness (QED) is 0.698. The molecule has 29 heavy (non-hydrogen) atoms. The number of ether oxygens (including phenoxy) is 2. The maximum atomic E-state index is 13.1. The number of carbonyl (C=O) groups is 2. The number of benzene rings is 1. The molecular formula is C20H27F3N2O4. The summed E-state index contributed by atoms with van der Waals surface area (Å²) in [5.41, 5.74) is -1.24. The molecule has 1 amide bonds. The minimum absolute atomic E-state index is 0.117. The van der Waals surface area contributed by atoms with Gasteiger partial charge in [-0.15, -0.1) is 0 Å². The second-order valence-electron chi connectivity index (χ2n) is 7.78. The Bertz CT molecular complexity index is 723. The summed E-state index contributed by atoms with van der Waals surface area (Å²) in [5.74, 6) is -0.613. The van der Waals surface area contributed by atoms with Crippen LogP contribution in [-0.4, -0.2) is 60.2 Å². The Kier molecular flexibility index (Phi) is 7.15. The fourth-order valence-electron chi connectivity index (χ4n) is 3.09. The predicted molar refractivity (Wildman–Crippen MR) is 100 cm³/mol. The van der Waals surface area contributed by atoms with Crippen LogP contribution < -0.4 is 0 Å². The number of piperazine rings is 1. The molecule has 0 saturated carbocycles. The highest BCUT2D eigenvalue weighted by Gasteiger charge is 2.36. The molecule has 0 N–H and O–H groups in total. The number of nitrogens with zero attached hydrogens (tertiary/aromatic N) is 2. The first-order chi connectivity index (χ1) is 13.4. The minimum atomic E-state index is -4.51. The van der Waals surface area contributed by atoms with E-state index >= 15 is 0 Å². The number of carbonyl (C=O) groups excluding carboxylic acids is 2. The van der Waals surface area contributed by atoms with Crippen LogP contribution in [0.5, 0.6) is 0 Å². The van der Waals surface area contributed by atoms with Gasteiger partial charge in [0.1, 0.15) is 11.6 Å². The van der Waals surface area contributed by atoms with Crippen molar-refractivity contribution in [3.63, 3.8) is 0 Å². The van der Waals surface area contributed by atoms with Crippen LogP contribution in [0.1, 0.15) is 44.9 Å². The van der Waals surface area contributed by atoms with Crippen molar-refractivity contribution in [1.82, 2.24) is 9.80 Å². The van der Waals surface area contributed by atoms with Crippen molar-refractivity contribution in [2.75, 3.05) is 32.8 Å². The van der Waals surface area contributed by atoms with Crippen LogP contribution in [0.3, 0.4) is 0 Å². The van der Waals surface area contributed by atoms with E-state index in [1.807, 2.05) is 0 Å². The Hall–Kier alpha value is -2.29. The first kappa shape index (κ1) is 23.0. The third-order valence-electron chi connectivity index (χ3n) is 4.37. The summed E-state index contributed by atoms with van der Waals surface area (Å²) < 4.78 is 49.8. The van der Waals surface area contributed by atoms with Crippen LogP contribution >= 0.6 is 0 Å². The van der Waals surface area contributed by atoms with Gasteiger partial charge in [-0.3, -0.25) is 4.90 Å². The summed E-state index contributed by atoms with van der Waals surface area (Å²) in [5, 5.41) is 0. The number of halogens is 3. The third kappa shape index (κ3) is 6.35. The van der Waals surface area contributed by atoms with E-state index in [1.54, 1.807) is 32.6 Å². The predicted octanol–water partition coefficient (Wildman–Crippen LogP) is 3.86. The molecular weight excluding hydrogens is 389 g/mol. The molecule has 162 valence electrons. The Labute approximate surface area is 168 Å².